The molecule has 0 amide bonds. The molecule has 3 aromatic rings. The molecule has 0 saturated heterocycles. The van der Waals surface area contributed by atoms with Crippen molar-refractivity contribution in [3.8, 4) is 0 Å². The fraction of sp³-hybridized carbons (Fsp3) is 0.375. The van der Waals surface area contributed by atoms with E-state index in [4.69, 9.17) is 0 Å². The molecule has 0 atom stereocenters. The number of thiazole rings is 1. The van der Waals surface area contributed by atoms with Crippen LogP contribution in [0.5, 0.6) is 0 Å². The summed E-state index contributed by atoms with van der Waals surface area (Å²) in [6.07, 6.45) is 6.74. The zero-order chi connectivity index (χ0) is 24.3. The Hall–Kier alpha value is -0.910. The monoisotopic (exact) mass is 644 g/mol. The molecule has 0 bridgehead atoms. The molecule has 0 spiro atoms. The van der Waals surface area contributed by atoms with Crippen molar-refractivity contribution < 1.29 is 17.5 Å². The largest absolute Gasteiger partial charge is 0.748 e. The third-order valence-corrected chi connectivity index (χ3v) is 9.64. The second-order valence-corrected chi connectivity index (χ2v) is 13.7. The highest BCUT2D eigenvalue weighted by Crippen LogP contribution is 2.48. The molecule has 5 nitrogen and oxygen atoms in total. The number of nitrogens with zero attached hydrogens (tertiary/aromatic N) is 2. The van der Waals surface area contributed by atoms with E-state index in [1.807, 2.05) is 6.07 Å². The lowest BCUT2D eigenvalue weighted by Gasteiger charge is -2.20. The van der Waals surface area contributed by atoms with Crippen LogP contribution in [-0.2, 0) is 16.7 Å². The van der Waals surface area contributed by atoms with Crippen molar-refractivity contribution in [3.63, 3.8) is 0 Å². The number of aromatic nitrogens is 1. The zero-order valence-electron chi connectivity index (χ0n) is 18.8. The van der Waals surface area contributed by atoms with E-state index < -0.39 is 10.1 Å². The summed E-state index contributed by atoms with van der Waals surface area (Å²) >= 11 is 10.7. The van der Waals surface area contributed by atoms with Gasteiger partial charge in [-0.15, -0.1) is 0 Å². The molecule has 182 valence electrons. The maximum Gasteiger partial charge on any atom is 0.265 e. The van der Waals surface area contributed by atoms with Crippen LogP contribution in [0, 0.1) is 0 Å². The molecular weight excluding hydrogens is 620 g/mol. The Bertz CT molecular complexity index is 1320. The zero-order valence-corrected chi connectivity index (χ0v) is 24.4. The Kier molecular flexibility index (Phi) is 8.80. The molecule has 0 radical (unpaired) electrons. The average molecular weight is 646 g/mol. The van der Waals surface area contributed by atoms with Gasteiger partial charge < -0.3 is 9.45 Å². The first-order chi connectivity index (χ1) is 16.2. The number of halogens is 2. The third-order valence-electron chi connectivity index (χ3n) is 5.64. The van der Waals surface area contributed by atoms with Crippen LogP contribution in [0.3, 0.4) is 0 Å². The van der Waals surface area contributed by atoms with Crippen LogP contribution in [0.25, 0.3) is 16.3 Å². The van der Waals surface area contributed by atoms with Gasteiger partial charge in [0.05, 0.1) is 26.9 Å². The van der Waals surface area contributed by atoms with Crippen molar-refractivity contribution in [1.29, 1.82) is 0 Å². The van der Waals surface area contributed by atoms with E-state index in [-0.39, 0.29) is 5.75 Å². The van der Waals surface area contributed by atoms with Crippen LogP contribution < -0.4 is 9.47 Å². The summed E-state index contributed by atoms with van der Waals surface area (Å²) in [5.74, 6) is -0.318. The molecule has 2 heterocycles. The second kappa shape index (κ2) is 11.4. The number of aryl methyl sites for hydroxylation is 1. The Balaban J connectivity index is 1.68. The first kappa shape index (κ1) is 26.2. The Labute approximate surface area is 226 Å². The van der Waals surface area contributed by atoms with E-state index in [1.54, 1.807) is 23.1 Å². The van der Waals surface area contributed by atoms with Crippen LogP contribution in [0.1, 0.15) is 44.0 Å². The summed E-state index contributed by atoms with van der Waals surface area (Å²) in [5, 5.41) is 2.32. The average Bonchev–Trinajstić information content (AvgIpc) is 3.28. The van der Waals surface area contributed by atoms with Crippen LogP contribution in [0.2, 0.25) is 0 Å². The van der Waals surface area contributed by atoms with Crippen LogP contribution in [0.15, 0.2) is 55.3 Å². The number of benzene rings is 2. The van der Waals surface area contributed by atoms with Gasteiger partial charge in [-0.3, -0.25) is 0 Å². The molecule has 0 N–H and O–H groups in total. The minimum absolute atomic E-state index is 0.318. The standard InChI is InChI=1S/C24H26Br2N2O3S3/c1-2-3-4-11-27-19-14-17(25)7-9-21(19)32-23(27)16-24-28(12-5-6-13-34(29,30)31)20-15-18(26)8-10-22(20)33-24/h7-10,14-16H,2-6,11-13H2,1H3. The molecule has 1 aliphatic heterocycles. The van der Waals surface area contributed by atoms with Crippen molar-refractivity contribution in [2.45, 2.75) is 50.5 Å². The van der Waals surface area contributed by atoms with Crippen LogP contribution >= 0.6 is 55.0 Å². The molecule has 1 aromatic heterocycles. The van der Waals surface area contributed by atoms with E-state index in [0.29, 0.717) is 19.4 Å². The number of unbranched alkanes of at least 4 members (excludes halogenated alkanes) is 3. The highest BCUT2D eigenvalue weighted by molar-refractivity contribution is 9.10. The van der Waals surface area contributed by atoms with Gasteiger partial charge in [-0.25, -0.2) is 8.42 Å². The van der Waals surface area contributed by atoms with Gasteiger partial charge in [0.2, 0.25) is 5.52 Å². The molecule has 0 saturated carbocycles. The quantitative estimate of drug-likeness (QED) is 0.133. The summed E-state index contributed by atoms with van der Waals surface area (Å²) in [7, 11) is -4.19. The van der Waals surface area contributed by atoms with E-state index in [0.717, 1.165) is 32.6 Å². The molecule has 2 aromatic carbocycles. The SMILES string of the molecule is CCCCC[n+]1c(C=C2Sc3ccc(Br)cc3N2CCCCS(=O)(=O)[O-])sc2ccc(Br)cc21. The van der Waals surface area contributed by atoms with Gasteiger partial charge in [-0.2, -0.15) is 4.57 Å². The third kappa shape index (κ3) is 6.44. The number of rotatable bonds is 10. The van der Waals surface area contributed by atoms with Crippen molar-refractivity contribution in [2.75, 3.05) is 17.2 Å². The van der Waals surface area contributed by atoms with Crippen molar-refractivity contribution >= 4 is 87.1 Å². The predicted molar refractivity (Wildman–Crippen MR) is 148 cm³/mol. The summed E-state index contributed by atoms with van der Waals surface area (Å²) < 4.78 is 38.8. The smallest absolute Gasteiger partial charge is 0.265 e. The first-order valence-electron chi connectivity index (χ1n) is 11.3. The Morgan fingerprint density at radius 3 is 2.59 bits per heavy atom. The number of fused-ring (bicyclic) bond motifs is 2. The molecule has 0 unspecified atom stereocenters. The van der Waals surface area contributed by atoms with E-state index in [9.17, 15) is 13.0 Å². The maximum absolute atomic E-state index is 11.0. The fourth-order valence-corrected chi connectivity index (χ4v) is 7.54. The summed E-state index contributed by atoms with van der Waals surface area (Å²) in [6.45, 7) is 3.84. The summed E-state index contributed by atoms with van der Waals surface area (Å²) in [6, 6.07) is 12.7. The van der Waals surface area contributed by atoms with Crippen molar-refractivity contribution in [3.05, 3.63) is 55.4 Å². The minimum atomic E-state index is -4.19. The highest BCUT2D eigenvalue weighted by Gasteiger charge is 2.28. The number of anilines is 1. The molecule has 34 heavy (non-hydrogen) atoms. The van der Waals surface area contributed by atoms with Gasteiger partial charge in [-0.1, -0.05) is 68.3 Å². The van der Waals surface area contributed by atoms with Gasteiger partial charge >= 0.3 is 0 Å². The Morgan fingerprint density at radius 1 is 1.06 bits per heavy atom. The molecule has 0 fully saturated rings. The first-order valence-corrected chi connectivity index (χ1v) is 16.1. The van der Waals surface area contributed by atoms with E-state index in [1.165, 1.54) is 33.0 Å². The normalized spacial score (nSPS) is 14.9. The van der Waals surface area contributed by atoms with E-state index >= 15 is 0 Å². The van der Waals surface area contributed by atoms with Gasteiger partial charge in [0.15, 0.2) is 6.54 Å². The topological polar surface area (TPSA) is 64.3 Å². The van der Waals surface area contributed by atoms with Gasteiger partial charge in [-0.05, 0) is 49.6 Å². The molecule has 10 heteroatoms. The second-order valence-electron chi connectivity index (χ2n) is 8.23. The Morgan fingerprint density at radius 2 is 1.82 bits per heavy atom. The van der Waals surface area contributed by atoms with Gasteiger partial charge in [0.25, 0.3) is 5.01 Å². The molecule has 4 rings (SSSR count). The van der Waals surface area contributed by atoms with Crippen molar-refractivity contribution in [2.24, 2.45) is 0 Å². The predicted octanol–water partition coefficient (Wildman–Crippen LogP) is 7.14. The van der Waals surface area contributed by atoms with Gasteiger partial charge in [0.1, 0.15) is 4.70 Å². The summed E-state index contributed by atoms with van der Waals surface area (Å²) in [5.41, 5.74) is 2.34. The van der Waals surface area contributed by atoms with Crippen LogP contribution in [-0.4, -0.2) is 25.3 Å². The number of hydrogen-bond donors (Lipinski definition) is 0. The number of thioether (sulfide) groups is 1. The highest BCUT2D eigenvalue weighted by atomic mass is 79.9. The fourth-order valence-electron chi connectivity index (χ4n) is 4.00. The lowest BCUT2D eigenvalue weighted by atomic mass is 10.2. The van der Waals surface area contributed by atoms with E-state index in [2.05, 4.69) is 84.7 Å². The molecule has 0 aliphatic carbocycles. The minimum Gasteiger partial charge on any atom is -0.748 e. The number of hydrogen-bond acceptors (Lipinski definition) is 6. The van der Waals surface area contributed by atoms with Gasteiger partial charge in [0, 0.05) is 38.6 Å². The maximum atomic E-state index is 11.0. The molecule has 1 aliphatic rings. The van der Waals surface area contributed by atoms with Crippen LogP contribution in [0.4, 0.5) is 5.69 Å². The lowest BCUT2D eigenvalue weighted by Crippen LogP contribution is -2.35. The van der Waals surface area contributed by atoms with Crippen molar-refractivity contribution in [1.82, 2.24) is 0 Å². The molecular formula is C24H26Br2N2O3S3. The summed E-state index contributed by atoms with van der Waals surface area (Å²) in [4.78, 5) is 3.42. The lowest BCUT2D eigenvalue weighted by molar-refractivity contribution is -0.669.